The highest BCUT2D eigenvalue weighted by Gasteiger charge is 2.33. The maximum Gasteiger partial charge on any atom is 0.186 e. The van der Waals surface area contributed by atoms with E-state index in [1.54, 1.807) is 6.26 Å². The predicted molar refractivity (Wildman–Crippen MR) is 79.9 cm³/mol. The number of thiazole rings is 1. The van der Waals surface area contributed by atoms with E-state index in [1.807, 2.05) is 23.5 Å². The molecule has 1 fully saturated rings. The minimum atomic E-state index is 0.133. The van der Waals surface area contributed by atoms with Gasteiger partial charge in [-0.1, -0.05) is 0 Å². The molecule has 5 heteroatoms. The van der Waals surface area contributed by atoms with Crippen LogP contribution < -0.4 is 10.6 Å². The van der Waals surface area contributed by atoms with Gasteiger partial charge in [0.2, 0.25) is 0 Å². The zero-order valence-corrected chi connectivity index (χ0v) is 12.2. The van der Waals surface area contributed by atoms with Crippen molar-refractivity contribution in [2.45, 2.75) is 50.7 Å². The third-order valence-corrected chi connectivity index (χ3v) is 5.29. The fourth-order valence-corrected chi connectivity index (χ4v) is 4.11. The Morgan fingerprint density at radius 3 is 3.00 bits per heavy atom. The van der Waals surface area contributed by atoms with Crippen LogP contribution in [0.3, 0.4) is 0 Å². The van der Waals surface area contributed by atoms with E-state index in [1.165, 1.54) is 24.1 Å². The van der Waals surface area contributed by atoms with E-state index < -0.39 is 0 Å². The zero-order valence-electron chi connectivity index (χ0n) is 11.4. The molecule has 2 aromatic rings. The molecule has 0 aromatic carbocycles. The number of anilines is 1. The molecule has 0 amide bonds. The highest BCUT2D eigenvalue weighted by molar-refractivity contribution is 7.15. The summed E-state index contributed by atoms with van der Waals surface area (Å²) in [7, 11) is 0. The summed E-state index contributed by atoms with van der Waals surface area (Å²) in [6, 6.07) is 4.75. The molecule has 0 radical (unpaired) electrons. The van der Waals surface area contributed by atoms with Gasteiger partial charge in [-0.25, -0.2) is 4.98 Å². The van der Waals surface area contributed by atoms with Crippen LogP contribution in [0.15, 0.2) is 22.8 Å². The number of nitrogens with zero attached hydrogens (tertiary/aromatic N) is 2. The molecule has 1 saturated carbocycles. The van der Waals surface area contributed by atoms with Gasteiger partial charge in [0, 0.05) is 17.0 Å². The van der Waals surface area contributed by atoms with Crippen LogP contribution in [0.1, 0.15) is 48.1 Å². The molecule has 0 bridgehead atoms. The Morgan fingerprint density at radius 2 is 2.30 bits per heavy atom. The number of nitrogens with two attached hydrogens (primary N) is 1. The van der Waals surface area contributed by atoms with Crippen LogP contribution in [0.4, 0.5) is 5.13 Å². The van der Waals surface area contributed by atoms with Gasteiger partial charge in [-0.15, -0.1) is 11.3 Å². The average molecular weight is 289 g/mol. The fraction of sp³-hybridized carbons (Fsp3) is 0.533. The van der Waals surface area contributed by atoms with Gasteiger partial charge in [0.1, 0.15) is 5.76 Å². The second-order valence-electron chi connectivity index (χ2n) is 5.74. The summed E-state index contributed by atoms with van der Waals surface area (Å²) in [5.41, 5.74) is 7.33. The van der Waals surface area contributed by atoms with Gasteiger partial charge >= 0.3 is 0 Å². The highest BCUT2D eigenvalue weighted by Crippen LogP contribution is 2.40. The van der Waals surface area contributed by atoms with Crippen LogP contribution in [0.5, 0.6) is 0 Å². The Morgan fingerprint density at radius 1 is 1.40 bits per heavy atom. The predicted octanol–water partition coefficient (Wildman–Crippen LogP) is 3.24. The second-order valence-corrected chi connectivity index (χ2v) is 6.80. The summed E-state index contributed by atoms with van der Waals surface area (Å²) in [6.07, 6.45) is 7.66. The largest absolute Gasteiger partial charge is 0.467 e. The molecule has 4 rings (SSSR count). The van der Waals surface area contributed by atoms with Crippen LogP contribution in [0, 0.1) is 0 Å². The van der Waals surface area contributed by atoms with Gasteiger partial charge in [0.05, 0.1) is 18.5 Å². The minimum Gasteiger partial charge on any atom is -0.467 e. The standard InChI is InChI=1S/C15H19N3OS/c16-12-4-1-5-13-14(12)17-15(20-13)18(10-6-7-10)9-11-3-2-8-19-11/h2-3,8,10,12H,1,4-7,9,16H2. The molecule has 2 aliphatic rings. The molecule has 2 aliphatic carbocycles. The summed E-state index contributed by atoms with van der Waals surface area (Å²) in [4.78, 5) is 8.64. The van der Waals surface area contributed by atoms with Crippen molar-refractivity contribution in [3.05, 3.63) is 34.7 Å². The summed E-state index contributed by atoms with van der Waals surface area (Å²) < 4.78 is 5.50. The minimum absolute atomic E-state index is 0.133. The summed E-state index contributed by atoms with van der Waals surface area (Å²) >= 11 is 1.83. The molecule has 1 atom stereocenters. The van der Waals surface area contributed by atoms with E-state index in [-0.39, 0.29) is 6.04 Å². The number of aromatic nitrogens is 1. The molecular formula is C15H19N3OS. The Labute approximate surface area is 122 Å². The lowest BCUT2D eigenvalue weighted by molar-refractivity contribution is 0.500. The monoisotopic (exact) mass is 289 g/mol. The fourth-order valence-electron chi connectivity index (χ4n) is 2.87. The van der Waals surface area contributed by atoms with Crippen LogP contribution in [-0.4, -0.2) is 11.0 Å². The molecule has 1 unspecified atom stereocenters. The lowest BCUT2D eigenvalue weighted by atomic mass is 9.99. The first-order chi connectivity index (χ1) is 9.81. The number of rotatable bonds is 4. The van der Waals surface area contributed by atoms with Crippen molar-refractivity contribution in [1.82, 2.24) is 4.98 Å². The maximum atomic E-state index is 6.19. The van der Waals surface area contributed by atoms with E-state index in [0.29, 0.717) is 6.04 Å². The Hall–Kier alpha value is -1.33. The molecule has 0 saturated heterocycles. The van der Waals surface area contributed by atoms with Crippen LogP contribution in [-0.2, 0) is 13.0 Å². The first-order valence-corrected chi connectivity index (χ1v) is 8.17. The van der Waals surface area contributed by atoms with E-state index >= 15 is 0 Å². The second kappa shape index (κ2) is 4.90. The van der Waals surface area contributed by atoms with Crippen LogP contribution in [0.2, 0.25) is 0 Å². The number of aryl methyl sites for hydroxylation is 1. The summed E-state index contributed by atoms with van der Waals surface area (Å²) in [5.74, 6) is 1.01. The molecular weight excluding hydrogens is 270 g/mol. The van der Waals surface area contributed by atoms with E-state index in [2.05, 4.69) is 4.90 Å². The molecule has 2 N–H and O–H groups in total. The van der Waals surface area contributed by atoms with E-state index in [0.717, 1.165) is 36.0 Å². The summed E-state index contributed by atoms with van der Waals surface area (Å²) in [5, 5.41) is 1.13. The molecule has 2 aromatic heterocycles. The maximum absolute atomic E-state index is 6.19. The molecule has 2 heterocycles. The summed E-state index contributed by atoms with van der Waals surface area (Å²) in [6.45, 7) is 0.819. The van der Waals surface area contributed by atoms with Crippen molar-refractivity contribution >= 4 is 16.5 Å². The molecule has 0 aliphatic heterocycles. The third kappa shape index (κ3) is 2.25. The van der Waals surface area contributed by atoms with Crippen LogP contribution in [0.25, 0.3) is 0 Å². The van der Waals surface area contributed by atoms with Gasteiger partial charge in [-0.05, 0) is 44.2 Å². The number of furan rings is 1. The topological polar surface area (TPSA) is 55.3 Å². The zero-order chi connectivity index (χ0) is 13.5. The highest BCUT2D eigenvalue weighted by atomic mass is 32.1. The Kier molecular flexibility index (Phi) is 3.04. The van der Waals surface area contributed by atoms with Gasteiger partial charge in [-0.2, -0.15) is 0 Å². The van der Waals surface area contributed by atoms with Gasteiger partial charge in [-0.3, -0.25) is 0 Å². The lowest BCUT2D eigenvalue weighted by Gasteiger charge is -2.20. The smallest absolute Gasteiger partial charge is 0.186 e. The normalized spacial score (nSPS) is 21.8. The van der Waals surface area contributed by atoms with Crippen molar-refractivity contribution < 1.29 is 4.42 Å². The quantitative estimate of drug-likeness (QED) is 0.938. The SMILES string of the molecule is NC1CCCc2sc(N(Cc3ccco3)C3CC3)nc21. The van der Waals surface area contributed by atoms with Crippen molar-refractivity contribution in [2.24, 2.45) is 5.73 Å². The molecule has 4 nitrogen and oxygen atoms in total. The van der Waals surface area contributed by atoms with Gasteiger partial charge < -0.3 is 15.1 Å². The van der Waals surface area contributed by atoms with E-state index in [9.17, 15) is 0 Å². The Bertz CT molecular complexity index is 588. The molecule has 20 heavy (non-hydrogen) atoms. The molecule has 106 valence electrons. The Balaban J connectivity index is 1.63. The molecule has 0 spiro atoms. The van der Waals surface area contributed by atoms with Gasteiger partial charge in [0.25, 0.3) is 0 Å². The first kappa shape index (κ1) is 12.4. The van der Waals surface area contributed by atoms with Crippen molar-refractivity contribution in [3.63, 3.8) is 0 Å². The number of fused-ring (bicyclic) bond motifs is 1. The van der Waals surface area contributed by atoms with Gasteiger partial charge in [0.15, 0.2) is 5.13 Å². The average Bonchev–Trinajstić information content (AvgIpc) is 2.99. The van der Waals surface area contributed by atoms with E-state index in [4.69, 9.17) is 15.1 Å². The number of hydrogen-bond acceptors (Lipinski definition) is 5. The lowest BCUT2D eigenvalue weighted by Crippen LogP contribution is -2.25. The number of hydrogen-bond donors (Lipinski definition) is 1. The first-order valence-electron chi connectivity index (χ1n) is 7.35. The van der Waals surface area contributed by atoms with Crippen molar-refractivity contribution in [1.29, 1.82) is 0 Å². The van der Waals surface area contributed by atoms with Crippen molar-refractivity contribution in [3.8, 4) is 0 Å². The van der Waals surface area contributed by atoms with Crippen LogP contribution >= 0.6 is 11.3 Å². The van der Waals surface area contributed by atoms with Crippen molar-refractivity contribution in [2.75, 3.05) is 4.90 Å². The third-order valence-electron chi connectivity index (χ3n) is 4.13.